The molecule has 0 heterocycles. The van der Waals surface area contributed by atoms with Gasteiger partial charge in [0, 0.05) is 0 Å². The van der Waals surface area contributed by atoms with Gasteiger partial charge in [0.15, 0.2) is 0 Å². The van der Waals surface area contributed by atoms with Crippen molar-refractivity contribution < 1.29 is 13.0 Å². The third kappa shape index (κ3) is 3.14. The van der Waals surface area contributed by atoms with E-state index in [0.717, 1.165) is 6.07 Å². The molecule has 0 aliphatic carbocycles. The topological polar surface area (TPSA) is 83.8 Å². The number of nitrogens with zero attached hydrogens (tertiary/aromatic N) is 1. The van der Waals surface area contributed by atoms with E-state index < -0.39 is 10.1 Å². The van der Waals surface area contributed by atoms with Crippen LogP contribution < -0.4 is 0 Å². The Balaban J connectivity index is 0.00000169. The van der Waals surface area contributed by atoms with Gasteiger partial charge in [-0.15, -0.1) is 4.91 Å². The van der Waals surface area contributed by atoms with Crippen LogP contribution in [-0.2, 0) is 10.1 Å². The van der Waals surface area contributed by atoms with Gasteiger partial charge in [-0.1, -0.05) is 0 Å². The van der Waals surface area contributed by atoms with E-state index in [1.54, 1.807) is 0 Å². The quantitative estimate of drug-likeness (QED) is 0.462. The van der Waals surface area contributed by atoms with E-state index >= 15 is 0 Å². The van der Waals surface area contributed by atoms with Gasteiger partial charge in [0.1, 0.15) is 5.69 Å². The molecule has 0 unspecified atom stereocenters. The summed E-state index contributed by atoms with van der Waals surface area (Å²) in [6, 6.07) is 3.65. The van der Waals surface area contributed by atoms with E-state index in [-0.39, 0.29) is 40.1 Å². The summed E-state index contributed by atoms with van der Waals surface area (Å²) in [6.45, 7) is 1.47. The molecule has 7 heteroatoms. The van der Waals surface area contributed by atoms with Gasteiger partial charge in [0.05, 0.1) is 4.90 Å². The number of hydrogen-bond acceptors (Lipinski definition) is 4. The zero-order valence-corrected chi connectivity index (χ0v) is 7.58. The maximum absolute atomic E-state index is 10.7. The Morgan fingerprint density at radius 1 is 1.36 bits per heavy atom. The monoisotopic (exact) mass is 225 g/mol. The van der Waals surface area contributed by atoms with Crippen molar-refractivity contribution in [3.63, 3.8) is 0 Å². The fourth-order valence-corrected chi connectivity index (χ4v) is 1.69. The molecule has 0 saturated heterocycles. The summed E-state index contributed by atoms with van der Waals surface area (Å²) in [6.07, 6.45) is 0. The summed E-state index contributed by atoms with van der Waals surface area (Å²) in [7, 11) is -4.20. The van der Waals surface area contributed by atoms with Crippen LogP contribution in [0.1, 0.15) is 5.56 Å². The first kappa shape index (κ1) is 13.7. The van der Waals surface area contributed by atoms with Crippen LogP contribution in [0.2, 0.25) is 0 Å². The van der Waals surface area contributed by atoms with Crippen molar-refractivity contribution in [2.24, 2.45) is 5.18 Å². The first-order valence-electron chi connectivity index (χ1n) is 3.36. The summed E-state index contributed by atoms with van der Waals surface area (Å²) in [5, 5.41) is 2.63. The van der Waals surface area contributed by atoms with E-state index in [1.807, 2.05) is 0 Å². The van der Waals surface area contributed by atoms with Gasteiger partial charge in [-0.2, -0.15) is 8.42 Å². The Morgan fingerprint density at radius 3 is 2.29 bits per heavy atom. The van der Waals surface area contributed by atoms with Gasteiger partial charge in [-0.3, -0.25) is 4.55 Å². The second-order valence-corrected chi connectivity index (χ2v) is 3.91. The molecule has 1 aromatic carbocycles. The summed E-state index contributed by atoms with van der Waals surface area (Å²) in [5.74, 6) is 0. The van der Waals surface area contributed by atoms with Gasteiger partial charge in [-0.25, -0.2) is 0 Å². The molecule has 0 aliphatic rings. The van der Waals surface area contributed by atoms with E-state index in [0.29, 0.717) is 5.56 Å². The molecule has 5 nitrogen and oxygen atoms in total. The molecule has 0 atom stereocenters. The molecular weight excluding hydrogens is 217 g/mol. The van der Waals surface area contributed by atoms with Crippen LogP contribution >= 0.6 is 0 Å². The normalized spacial score (nSPS) is 10.4. The fraction of sp³-hybridized carbons (Fsp3) is 0.143. The van der Waals surface area contributed by atoms with E-state index in [4.69, 9.17) is 4.55 Å². The Labute approximate surface area is 104 Å². The number of aryl methyl sites for hydroxylation is 1. The Morgan fingerprint density at radius 2 is 1.93 bits per heavy atom. The first-order valence-corrected chi connectivity index (χ1v) is 4.80. The van der Waals surface area contributed by atoms with Crippen molar-refractivity contribution in [1.82, 2.24) is 0 Å². The van der Waals surface area contributed by atoms with Gasteiger partial charge < -0.3 is 0 Å². The average Bonchev–Trinajstić information content (AvgIpc) is 2.01. The Bertz CT molecular complexity index is 443. The third-order valence-corrected chi connectivity index (χ3v) is 2.56. The first-order chi connectivity index (χ1) is 5.95. The Kier molecular flexibility index (Phi) is 4.90. The minimum absolute atomic E-state index is 0. The fourth-order valence-electron chi connectivity index (χ4n) is 0.980. The molecule has 1 aromatic rings. The SMILES string of the molecule is Cc1cc(N=O)ccc1S(=O)(=O)O.[NaH]. The van der Waals surface area contributed by atoms with Crippen molar-refractivity contribution >= 4 is 45.4 Å². The molecule has 1 N–H and O–H groups in total. The molecular formula is C7H8NNaO4S. The maximum atomic E-state index is 10.7. The molecule has 0 bridgehead atoms. The van der Waals surface area contributed by atoms with Crippen LogP contribution in [0.3, 0.4) is 0 Å². The van der Waals surface area contributed by atoms with E-state index in [1.165, 1.54) is 19.1 Å². The van der Waals surface area contributed by atoms with Crippen molar-refractivity contribution in [3.05, 3.63) is 28.7 Å². The number of hydrogen-bond donors (Lipinski definition) is 1. The number of benzene rings is 1. The summed E-state index contributed by atoms with van der Waals surface area (Å²) in [4.78, 5) is 9.85. The molecule has 1 rings (SSSR count). The van der Waals surface area contributed by atoms with Crippen LogP contribution in [0.15, 0.2) is 28.3 Å². The number of nitroso groups, excluding NO2 is 1. The van der Waals surface area contributed by atoms with Crippen LogP contribution in [-0.4, -0.2) is 42.5 Å². The van der Waals surface area contributed by atoms with Crippen molar-refractivity contribution in [3.8, 4) is 0 Å². The minimum atomic E-state index is -4.20. The molecule has 0 saturated carbocycles. The van der Waals surface area contributed by atoms with Gasteiger partial charge in [-0.05, 0) is 35.9 Å². The molecule has 72 valence electrons. The zero-order chi connectivity index (χ0) is 10.1. The van der Waals surface area contributed by atoms with Crippen LogP contribution in [0.4, 0.5) is 5.69 Å². The van der Waals surface area contributed by atoms with Crippen molar-refractivity contribution in [2.45, 2.75) is 11.8 Å². The second kappa shape index (κ2) is 4.99. The predicted molar refractivity (Wildman–Crippen MR) is 53.6 cm³/mol. The van der Waals surface area contributed by atoms with Crippen molar-refractivity contribution in [2.75, 3.05) is 0 Å². The molecule has 14 heavy (non-hydrogen) atoms. The Hall–Kier alpha value is -0.270. The summed E-state index contributed by atoms with van der Waals surface area (Å²) in [5.41, 5.74) is 0.421. The molecule has 0 fully saturated rings. The third-order valence-electron chi connectivity index (χ3n) is 1.54. The van der Waals surface area contributed by atoms with Gasteiger partial charge >= 0.3 is 29.6 Å². The van der Waals surface area contributed by atoms with Gasteiger partial charge in [0.25, 0.3) is 10.1 Å². The van der Waals surface area contributed by atoms with E-state index in [2.05, 4.69) is 5.18 Å². The molecule has 0 aromatic heterocycles. The van der Waals surface area contributed by atoms with Crippen LogP contribution in [0.25, 0.3) is 0 Å². The van der Waals surface area contributed by atoms with Crippen molar-refractivity contribution in [1.29, 1.82) is 0 Å². The average molecular weight is 225 g/mol. The predicted octanol–water partition coefficient (Wildman–Crippen LogP) is 0.991. The standard InChI is InChI=1S/C7H7NO4S.Na.H/c1-5-4-6(8-9)2-3-7(5)13(10,11)12;;/h2-4H,1H3,(H,10,11,12);;. The van der Waals surface area contributed by atoms with Crippen LogP contribution in [0.5, 0.6) is 0 Å². The summed E-state index contributed by atoms with van der Waals surface area (Å²) < 4.78 is 30.1. The zero-order valence-electron chi connectivity index (χ0n) is 6.76. The molecule has 0 aliphatic heterocycles. The summed E-state index contributed by atoms with van der Waals surface area (Å²) >= 11 is 0. The molecule has 0 radical (unpaired) electrons. The van der Waals surface area contributed by atoms with Crippen LogP contribution in [0, 0.1) is 11.8 Å². The number of rotatable bonds is 2. The second-order valence-electron chi connectivity index (χ2n) is 2.52. The van der Waals surface area contributed by atoms with E-state index in [9.17, 15) is 13.3 Å². The van der Waals surface area contributed by atoms with Gasteiger partial charge in [0.2, 0.25) is 0 Å². The molecule has 0 amide bonds. The molecule has 0 spiro atoms.